The van der Waals surface area contributed by atoms with E-state index < -0.39 is 13.4 Å². The molecule has 0 bridgehead atoms. The number of aliphatic hydroxyl groups is 1. The van der Waals surface area contributed by atoms with Gasteiger partial charge in [0, 0.05) is 25.2 Å². The highest BCUT2D eigenvalue weighted by molar-refractivity contribution is 7.46. The van der Waals surface area contributed by atoms with Gasteiger partial charge in [-0.05, 0) is 64.2 Å². The van der Waals surface area contributed by atoms with E-state index >= 15 is 0 Å². The van der Waals surface area contributed by atoms with Gasteiger partial charge in [0.25, 0.3) is 0 Å². The highest BCUT2D eigenvalue weighted by atomic mass is 31.2. The van der Waals surface area contributed by atoms with Gasteiger partial charge in [0.15, 0.2) is 0 Å². The second-order valence-corrected chi connectivity index (χ2v) is 9.34. The van der Waals surface area contributed by atoms with Crippen molar-refractivity contribution >= 4 is 7.82 Å². The van der Waals surface area contributed by atoms with Crippen molar-refractivity contribution in [3.8, 4) is 0 Å². The molecule has 0 saturated carbocycles. The Morgan fingerprint density at radius 2 is 1.33 bits per heavy atom. The fourth-order valence-electron chi connectivity index (χ4n) is 3.80. The van der Waals surface area contributed by atoms with Gasteiger partial charge in [0.2, 0.25) is 0 Å². The molecule has 0 heterocycles. The van der Waals surface area contributed by atoms with Gasteiger partial charge < -0.3 is 19.6 Å². The molecule has 0 aromatic rings. The zero-order chi connectivity index (χ0) is 22.9. The van der Waals surface area contributed by atoms with Crippen LogP contribution in [-0.2, 0) is 13.8 Å². The fourth-order valence-corrected chi connectivity index (χ4v) is 4.66. The number of allylic oxidation sites excluding steroid dienone is 2. The van der Waals surface area contributed by atoms with Gasteiger partial charge in [-0.3, -0.25) is 4.52 Å². The zero-order valence-corrected chi connectivity index (χ0v) is 20.1. The Bertz CT molecular complexity index is 490. The number of ether oxygens (including phenoxy) is 1. The number of rotatable bonds is 21. The summed E-state index contributed by atoms with van der Waals surface area (Å²) in [5.41, 5.74) is -0.785. The molecular weight excluding hydrogens is 403 g/mol. The van der Waals surface area contributed by atoms with Crippen LogP contribution in [0, 0.1) is 5.41 Å². The maximum atomic E-state index is 11.2. The lowest BCUT2D eigenvalue weighted by Gasteiger charge is -2.31. The lowest BCUT2D eigenvalue weighted by molar-refractivity contribution is 0.0153. The normalized spacial score (nSPS) is 12.8. The molecule has 0 unspecified atom stereocenters. The number of hydrogen-bond acceptors (Lipinski definition) is 4. The van der Waals surface area contributed by atoms with Crippen LogP contribution in [0.15, 0.2) is 25.3 Å². The second-order valence-electron chi connectivity index (χ2n) is 8.17. The predicted molar refractivity (Wildman–Crippen MR) is 123 cm³/mol. The number of aliphatic hydroxyl groups excluding tert-OH is 1. The van der Waals surface area contributed by atoms with Crippen LogP contribution in [0.2, 0.25) is 0 Å². The largest absolute Gasteiger partial charge is 0.470 e. The first-order chi connectivity index (χ1) is 14.2. The quantitative estimate of drug-likeness (QED) is 0.115. The number of hydrogen-bond donors (Lipinski definition) is 3. The van der Waals surface area contributed by atoms with Gasteiger partial charge in [0.05, 0.1) is 5.60 Å². The summed E-state index contributed by atoms with van der Waals surface area (Å²) in [6.45, 7) is 13.4. The maximum Gasteiger partial charge on any atom is 0.470 e. The summed E-state index contributed by atoms with van der Waals surface area (Å²) in [6, 6.07) is 0. The van der Waals surface area contributed by atoms with Crippen LogP contribution in [0.5, 0.6) is 0 Å². The van der Waals surface area contributed by atoms with Crippen molar-refractivity contribution < 1.29 is 28.7 Å². The lowest BCUT2D eigenvalue weighted by atomic mass is 9.78. The Hall–Kier alpha value is -0.490. The molecule has 30 heavy (non-hydrogen) atoms. The van der Waals surface area contributed by atoms with Crippen LogP contribution >= 0.6 is 7.82 Å². The van der Waals surface area contributed by atoms with E-state index in [4.69, 9.17) is 24.2 Å². The van der Waals surface area contributed by atoms with E-state index in [2.05, 4.69) is 13.2 Å². The number of phosphoric acid groups is 1. The minimum absolute atomic E-state index is 0.0298. The van der Waals surface area contributed by atoms with E-state index in [0.29, 0.717) is 32.5 Å². The van der Waals surface area contributed by atoms with Gasteiger partial charge in [-0.25, -0.2) is 4.57 Å². The molecule has 0 spiro atoms. The summed E-state index contributed by atoms with van der Waals surface area (Å²) in [6.07, 6.45) is 14.4. The molecule has 0 amide bonds. The van der Waals surface area contributed by atoms with Crippen LogP contribution in [-0.4, -0.2) is 40.3 Å². The van der Waals surface area contributed by atoms with Crippen molar-refractivity contribution in [1.82, 2.24) is 0 Å². The van der Waals surface area contributed by atoms with E-state index in [1.165, 1.54) is 0 Å². The molecule has 178 valence electrons. The minimum Gasteiger partial charge on any atom is -0.396 e. The predicted octanol–water partition coefficient (Wildman–Crippen LogP) is 5.92. The smallest absolute Gasteiger partial charge is 0.396 e. The van der Waals surface area contributed by atoms with Gasteiger partial charge >= 0.3 is 7.82 Å². The monoisotopic (exact) mass is 448 g/mol. The third-order valence-corrected chi connectivity index (χ3v) is 6.69. The molecule has 0 radical (unpaired) electrons. The van der Waals surface area contributed by atoms with Gasteiger partial charge in [-0.2, -0.15) is 0 Å². The Labute approximate surface area is 184 Å². The van der Waals surface area contributed by atoms with Crippen molar-refractivity contribution in [2.75, 3.05) is 19.8 Å². The van der Waals surface area contributed by atoms with Gasteiger partial charge in [-0.1, -0.05) is 38.8 Å². The summed E-state index contributed by atoms with van der Waals surface area (Å²) in [4.78, 5) is 18.3. The van der Waals surface area contributed by atoms with E-state index in [9.17, 15) is 4.57 Å². The maximum absolute atomic E-state index is 11.2. The highest BCUT2D eigenvalue weighted by Crippen LogP contribution is 2.45. The first-order valence-electron chi connectivity index (χ1n) is 11.4. The molecule has 0 aliphatic rings. The van der Waals surface area contributed by atoms with Crippen LogP contribution in [0.4, 0.5) is 0 Å². The molecule has 0 aromatic heterocycles. The summed E-state index contributed by atoms with van der Waals surface area (Å²) in [5.74, 6) is 0. The average Bonchev–Trinajstić information content (AvgIpc) is 2.72. The molecule has 0 atom stereocenters. The summed E-state index contributed by atoms with van der Waals surface area (Å²) >= 11 is 0. The fraction of sp³-hybridized carbons (Fsp3) is 0.826. The molecule has 0 fully saturated rings. The summed E-state index contributed by atoms with van der Waals surface area (Å²) in [7, 11) is -4.48. The van der Waals surface area contributed by atoms with Crippen molar-refractivity contribution in [3.05, 3.63) is 25.3 Å². The molecule has 0 rings (SSSR count). The van der Waals surface area contributed by atoms with Crippen LogP contribution < -0.4 is 0 Å². The van der Waals surface area contributed by atoms with E-state index in [1.54, 1.807) is 0 Å². The summed E-state index contributed by atoms with van der Waals surface area (Å²) in [5, 5.41) is 8.91. The Morgan fingerprint density at radius 1 is 0.833 bits per heavy atom. The van der Waals surface area contributed by atoms with E-state index in [1.807, 2.05) is 26.0 Å². The first-order valence-corrected chi connectivity index (χ1v) is 13.0. The van der Waals surface area contributed by atoms with Crippen LogP contribution in [0.25, 0.3) is 0 Å². The molecule has 0 aliphatic carbocycles. The molecular formula is C23H45O6P. The standard InChI is InChI=1S/C23H45O6P/c1-5-22(6-2,16-10-9-13-19-24)17-11-14-20-28-21-15-12-18-23(7-3,8-4)29-30(25,26)27/h5-6,24H,1-2,7-21H2,3-4H3,(H2,25,26,27). The molecule has 0 saturated heterocycles. The molecule has 3 N–H and O–H groups in total. The van der Waals surface area contributed by atoms with E-state index in [0.717, 1.165) is 57.8 Å². The van der Waals surface area contributed by atoms with Crippen molar-refractivity contribution in [2.24, 2.45) is 5.41 Å². The Kier molecular flexibility index (Phi) is 15.9. The second kappa shape index (κ2) is 16.2. The van der Waals surface area contributed by atoms with Gasteiger partial charge in [-0.15, -0.1) is 13.2 Å². The van der Waals surface area contributed by atoms with Crippen LogP contribution in [0.1, 0.15) is 90.9 Å². The van der Waals surface area contributed by atoms with Crippen molar-refractivity contribution in [3.63, 3.8) is 0 Å². The summed E-state index contributed by atoms with van der Waals surface area (Å²) < 4.78 is 22.0. The number of unbranched alkanes of at least 4 members (excludes halogenated alkanes) is 4. The molecule has 6 nitrogen and oxygen atoms in total. The van der Waals surface area contributed by atoms with E-state index in [-0.39, 0.29) is 12.0 Å². The third-order valence-electron chi connectivity index (χ3n) is 6.07. The van der Waals surface area contributed by atoms with Gasteiger partial charge in [0.1, 0.15) is 0 Å². The highest BCUT2D eigenvalue weighted by Gasteiger charge is 2.34. The van der Waals surface area contributed by atoms with Crippen LogP contribution in [0.3, 0.4) is 0 Å². The Morgan fingerprint density at radius 3 is 1.77 bits per heavy atom. The average molecular weight is 449 g/mol. The zero-order valence-electron chi connectivity index (χ0n) is 19.2. The van der Waals surface area contributed by atoms with Crippen molar-refractivity contribution in [2.45, 2.75) is 96.5 Å². The first kappa shape index (κ1) is 29.5. The lowest BCUT2D eigenvalue weighted by Crippen LogP contribution is -2.30. The topological polar surface area (TPSA) is 96.2 Å². The SMILES string of the molecule is C=CC(C=C)(CCCCCO)CCCCOCCCCC(CC)(CC)OP(=O)(O)O. The number of phosphoric ester groups is 1. The third kappa shape index (κ3) is 13.0. The minimum atomic E-state index is -4.48. The Balaban J connectivity index is 4.03. The van der Waals surface area contributed by atoms with Crippen molar-refractivity contribution in [1.29, 1.82) is 0 Å². The molecule has 0 aliphatic heterocycles. The molecule has 7 heteroatoms. The molecule has 0 aromatic carbocycles.